The van der Waals surface area contributed by atoms with Crippen molar-refractivity contribution in [3.63, 3.8) is 0 Å². The standard InChI is InChI=1S/C15H27NS/c1-6-8-15(5,12-16-14(2,3)4)10-13-7-9-17-11-13/h7,9,11,16H,6,8,10,12H2,1-5H3. The Morgan fingerprint density at radius 2 is 1.94 bits per heavy atom. The SMILES string of the molecule is CCCC(C)(CNC(C)(C)C)Cc1ccsc1. The number of nitrogens with one attached hydrogen (secondary N) is 1. The van der Waals surface area contributed by atoms with Crippen molar-refractivity contribution in [3.8, 4) is 0 Å². The third-order valence-corrected chi connectivity index (χ3v) is 3.84. The van der Waals surface area contributed by atoms with Crippen molar-refractivity contribution in [1.29, 1.82) is 0 Å². The van der Waals surface area contributed by atoms with E-state index >= 15 is 0 Å². The van der Waals surface area contributed by atoms with Gasteiger partial charge in [-0.3, -0.25) is 0 Å². The van der Waals surface area contributed by atoms with E-state index in [0.29, 0.717) is 5.41 Å². The van der Waals surface area contributed by atoms with Gasteiger partial charge in [-0.25, -0.2) is 0 Å². The summed E-state index contributed by atoms with van der Waals surface area (Å²) in [6, 6.07) is 2.26. The van der Waals surface area contributed by atoms with E-state index in [9.17, 15) is 0 Å². The number of hydrogen-bond acceptors (Lipinski definition) is 2. The van der Waals surface area contributed by atoms with Gasteiger partial charge in [0.2, 0.25) is 0 Å². The van der Waals surface area contributed by atoms with Crippen LogP contribution in [-0.4, -0.2) is 12.1 Å². The summed E-state index contributed by atoms with van der Waals surface area (Å²) in [6.45, 7) is 12.5. The van der Waals surface area contributed by atoms with Gasteiger partial charge in [0.05, 0.1) is 0 Å². The highest BCUT2D eigenvalue weighted by molar-refractivity contribution is 7.07. The number of rotatable bonds is 6. The lowest BCUT2D eigenvalue weighted by Gasteiger charge is -2.33. The predicted molar refractivity (Wildman–Crippen MR) is 78.8 cm³/mol. The average Bonchev–Trinajstić information content (AvgIpc) is 2.67. The van der Waals surface area contributed by atoms with Crippen molar-refractivity contribution in [3.05, 3.63) is 22.4 Å². The van der Waals surface area contributed by atoms with Gasteiger partial charge in [0.25, 0.3) is 0 Å². The molecule has 1 heterocycles. The van der Waals surface area contributed by atoms with E-state index in [-0.39, 0.29) is 5.54 Å². The van der Waals surface area contributed by atoms with E-state index in [2.05, 4.69) is 56.8 Å². The van der Waals surface area contributed by atoms with Gasteiger partial charge in [-0.1, -0.05) is 20.3 Å². The topological polar surface area (TPSA) is 12.0 Å². The molecule has 1 unspecified atom stereocenters. The molecular weight excluding hydrogens is 226 g/mol. The molecule has 0 radical (unpaired) electrons. The van der Waals surface area contributed by atoms with Crippen LogP contribution in [0.15, 0.2) is 16.8 Å². The van der Waals surface area contributed by atoms with Crippen LogP contribution < -0.4 is 5.32 Å². The molecule has 17 heavy (non-hydrogen) atoms. The first-order valence-electron chi connectivity index (χ1n) is 6.61. The van der Waals surface area contributed by atoms with Crippen molar-refractivity contribution in [1.82, 2.24) is 5.32 Å². The smallest absolute Gasteiger partial charge is 0.00967 e. The summed E-state index contributed by atoms with van der Waals surface area (Å²) >= 11 is 1.80. The zero-order chi connectivity index (χ0) is 12.9. The summed E-state index contributed by atoms with van der Waals surface area (Å²) in [5.41, 5.74) is 2.08. The molecule has 1 aromatic heterocycles. The van der Waals surface area contributed by atoms with Crippen LogP contribution in [0.5, 0.6) is 0 Å². The quantitative estimate of drug-likeness (QED) is 0.788. The second kappa shape index (κ2) is 6.01. The molecule has 1 nitrogen and oxygen atoms in total. The summed E-state index contributed by atoms with van der Waals surface area (Å²) in [7, 11) is 0. The molecule has 0 fully saturated rings. The summed E-state index contributed by atoms with van der Waals surface area (Å²) in [6.07, 6.45) is 3.73. The Morgan fingerprint density at radius 3 is 2.41 bits per heavy atom. The summed E-state index contributed by atoms with van der Waals surface area (Å²) in [5.74, 6) is 0. The molecule has 0 aromatic carbocycles. The first-order valence-corrected chi connectivity index (χ1v) is 7.55. The van der Waals surface area contributed by atoms with Crippen molar-refractivity contribution in [2.45, 2.75) is 59.4 Å². The molecule has 0 aliphatic rings. The highest BCUT2D eigenvalue weighted by Crippen LogP contribution is 2.29. The van der Waals surface area contributed by atoms with E-state index in [1.807, 2.05) is 0 Å². The van der Waals surface area contributed by atoms with Crippen LogP contribution in [0.1, 0.15) is 53.0 Å². The fraction of sp³-hybridized carbons (Fsp3) is 0.733. The van der Waals surface area contributed by atoms with Crippen LogP contribution >= 0.6 is 11.3 Å². The van der Waals surface area contributed by atoms with Gasteiger partial charge < -0.3 is 5.32 Å². The Morgan fingerprint density at radius 1 is 1.24 bits per heavy atom. The molecule has 0 saturated carbocycles. The number of thiophene rings is 1. The maximum absolute atomic E-state index is 3.66. The fourth-order valence-electron chi connectivity index (χ4n) is 2.21. The third-order valence-electron chi connectivity index (χ3n) is 3.11. The lowest BCUT2D eigenvalue weighted by atomic mass is 9.79. The van der Waals surface area contributed by atoms with E-state index in [4.69, 9.17) is 0 Å². The van der Waals surface area contributed by atoms with Crippen LogP contribution in [-0.2, 0) is 6.42 Å². The molecule has 0 spiro atoms. The van der Waals surface area contributed by atoms with Crippen molar-refractivity contribution in [2.75, 3.05) is 6.54 Å². The van der Waals surface area contributed by atoms with Crippen LogP contribution in [0, 0.1) is 5.41 Å². The second-order valence-electron chi connectivity index (χ2n) is 6.47. The largest absolute Gasteiger partial charge is 0.312 e. The molecule has 0 amide bonds. The maximum Gasteiger partial charge on any atom is 0.00967 e. The first-order chi connectivity index (χ1) is 7.85. The van der Waals surface area contributed by atoms with Gasteiger partial charge in [0.1, 0.15) is 0 Å². The molecule has 98 valence electrons. The zero-order valence-electron chi connectivity index (χ0n) is 12.0. The Bertz CT molecular complexity index is 310. The Kier molecular flexibility index (Phi) is 5.21. The lowest BCUT2D eigenvalue weighted by molar-refractivity contribution is 0.244. The van der Waals surface area contributed by atoms with Crippen LogP contribution in [0.25, 0.3) is 0 Å². The molecule has 0 aliphatic carbocycles. The molecule has 0 bridgehead atoms. The summed E-state index contributed by atoms with van der Waals surface area (Å²) < 4.78 is 0. The van der Waals surface area contributed by atoms with E-state index in [1.165, 1.54) is 24.8 Å². The first kappa shape index (κ1) is 14.7. The molecule has 1 aromatic rings. The highest BCUT2D eigenvalue weighted by Gasteiger charge is 2.25. The van der Waals surface area contributed by atoms with Gasteiger partial charge in [0, 0.05) is 12.1 Å². The number of hydrogen-bond donors (Lipinski definition) is 1. The molecule has 1 rings (SSSR count). The second-order valence-corrected chi connectivity index (χ2v) is 7.25. The molecule has 1 N–H and O–H groups in total. The van der Waals surface area contributed by atoms with E-state index in [1.54, 1.807) is 11.3 Å². The monoisotopic (exact) mass is 253 g/mol. The molecule has 2 heteroatoms. The highest BCUT2D eigenvalue weighted by atomic mass is 32.1. The minimum atomic E-state index is 0.212. The minimum absolute atomic E-state index is 0.212. The fourth-order valence-corrected chi connectivity index (χ4v) is 2.88. The Labute approximate surface area is 111 Å². The zero-order valence-corrected chi connectivity index (χ0v) is 12.8. The van der Waals surface area contributed by atoms with Crippen molar-refractivity contribution < 1.29 is 0 Å². The summed E-state index contributed by atoms with van der Waals surface area (Å²) in [4.78, 5) is 0. The third kappa shape index (κ3) is 5.69. The van der Waals surface area contributed by atoms with Crippen LogP contribution in [0.3, 0.4) is 0 Å². The molecular formula is C15H27NS. The Balaban J connectivity index is 2.61. The maximum atomic E-state index is 3.66. The predicted octanol–water partition coefficient (Wildman–Crippen LogP) is 4.49. The molecule has 1 atom stereocenters. The van der Waals surface area contributed by atoms with Gasteiger partial charge in [-0.2, -0.15) is 11.3 Å². The van der Waals surface area contributed by atoms with E-state index in [0.717, 1.165) is 6.54 Å². The molecule has 0 aliphatic heterocycles. The normalized spacial score (nSPS) is 15.8. The molecule has 0 saturated heterocycles. The Hall–Kier alpha value is -0.340. The summed E-state index contributed by atoms with van der Waals surface area (Å²) in [5, 5.41) is 8.13. The lowest BCUT2D eigenvalue weighted by Crippen LogP contribution is -2.43. The van der Waals surface area contributed by atoms with Crippen molar-refractivity contribution in [2.24, 2.45) is 5.41 Å². The average molecular weight is 253 g/mol. The van der Waals surface area contributed by atoms with E-state index < -0.39 is 0 Å². The van der Waals surface area contributed by atoms with Gasteiger partial charge in [0.15, 0.2) is 0 Å². The van der Waals surface area contributed by atoms with Crippen LogP contribution in [0.2, 0.25) is 0 Å². The van der Waals surface area contributed by atoms with Gasteiger partial charge in [-0.15, -0.1) is 0 Å². The minimum Gasteiger partial charge on any atom is -0.312 e. The van der Waals surface area contributed by atoms with Crippen molar-refractivity contribution >= 4 is 11.3 Å². The van der Waals surface area contributed by atoms with Crippen LogP contribution in [0.4, 0.5) is 0 Å². The van der Waals surface area contributed by atoms with Gasteiger partial charge in [-0.05, 0) is 61.4 Å². The van der Waals surface area contributed by atoms with Gasteiger partial charge >= 0.3 is 0 Å².